The molecule has 3 aromatic rings. The zero-order chi connectivity index (χ0) is 23.2. The van der Waals surface area contributed by atoms with Gasteiger partial charge in [-0.1, -0.05) is 0 Å². The van der Waals surface area contributed by atoms with Crippen LogP contribution in [0, 0.1) is 0 Å². The molecule has 1 aliphatic heterocycles. The number of anilines is 1. The van der Waals surface area contributed by atoms with Crippen molar-refractivity contribution < 1.29 is 19.0 Å². The molecule has 10 heteroatoms. The van der Waals surface area contributed by atoms with Gasteiger partial charge in [0.1, 0.15) is 17.8 Å². The maximum Gasteiger partial charge on any atom is 0.410 e. The fraction of sp³-hybridized carbons (Fsp3) is 0.478. The lowest BCUT2D eigenvalue weighted by atomic mass is 10.1. The number of methoxy groups -OCH3 is 1. The van der Waals surface area contributed by atoms with Crippen LogP contribution >= 0.6 is 0 Å². The maximum absolute atomic E-state index is 12.1. The average molecular weight is 455 g/mol. The molecule has 3 heterocycles. The Balaban J connectivity index is 1.42. The van der Waals surface area contributed by atoms with Gasteiger partial charge in [-0.25, -0.2) is 19.4 Å². The molecule has 0 bridgehead atoms. The van der Waals surface area contributed by atoms with E-state index in [9.17, 15) is 4.79 Å². The van der Waals surface area contributed by atoms with Crippen molar-refractivity contribution in [3.8, 4) is 11.6 Å². The van der Waals surface area contributed by atoms with Crippen molar-refractivity contribution in [2.24, 2.45) is 0 Å². The molecule has 33 heavy (non-hydrogen) atoms. The van der Waals surface area contributed by atoms with Crippen LogP contribution in [0.4, 0.5) is 10.5 Å². The monoisotopic (exact) mass is 454 g/mol. The van der Waals surface area contributed by atoms with Gasteiger partial charge in [0.15, 0.2) is 5.65 Å². The number of piperidine rings is 1. The summed E-state index contributed by atoms with van der Waals surface area (Å²) in [5.74, 6) is 0.507. The molecule has 0 radical (unpaired) electrons. The molecule has 0 unspecified atom stereocenters. The van der Waals surface area contributed by atoms with E-state index in [0.717, 1.165) is 23.3 Å². The zero-order valence-corrected chi connectivity index (χ0v) is 19.2. The first-order valence-electron chi connectivity index (χ1n) is 11.2. The normalized spacial score (nSPS) is 14.6. The minimum absolute atomic E-state index is 0.0352. The first-order valence-corrected chi connectivity index (χ1v) is 11.2. The number of hydrogen-bond acceptors (Lipinski definition) is 8. The van der Waals surface area contributed by atoms with Crippen molar-refractivity contribution in [3.05, 3.63) is 36.8 Å². The van der Waals surface area contributed by atoms with Crippen molar-refractivity contribution in [2.45, 2.75) is 38.9 Å². The van der Waals surface area contributed by atoms with E-state index in [0.29, 0.717) is 44.1 Å². The number of likely N-dealkylation sites (tertiary alicyclic amines) is 1. The van der Waals surface area contributed by atoms with E-state index < -0.39 is 0 Å². The molecule has 2 aromatic heterocycles. The van der Waals surface area contributed by atoms with Gasteiger partial charge in [0.25, 0.3) is 0 Å². The van der Waals surface area contributed by atoms with Gasteiger partial charge in [-0.2, -0.15) is 5.10 Å². The summed E-state index contributed by atoms with van der Waals surface area (Å²) in [5, 5.41) is 8.56. The lowest BCUT2D eigenvalue weighted by Crippen LogP contribution is -2.42. The highest BCUT2D eigenvalue weighted by Gasteiger charge is 2.26. The van der Waals surface area contributed by atoms with E-state index >= 15 is 0 Å². The van der Waals surface area contributed by atoms with Gasteiger partial charge in [-0.05, 0) is 38.1 Å². The first-order chi connectivity index (χ1) is 16.0. The van der Waals surface area contributed by atoms with Gasteiger partial charge < -0.3 is 24.4 Å². The second kappa shape index (κ2) is 10.5. The number of rotatable bonds is 8. The van der Waals surface area contributed by atoms with Crippen LogP contribution in [-0.4, -0.2) is 76.3 Å². The Bertz CT molecular complexity index is 1060. The number of fused-ring (bicyclic) bond motifs is 1. The van der Waals surface area contributed by atoms with Gasteiger partial charge in [-0.3, -0.25) is 0 Å². The molecule has 1 N–H and O–H groups in total. The summed E-state index contributed by atoms with van der Waals surface area (Å²) < 4.78 is 18.3. The van der Waals surface area contributed by atoms with Gasteiger partial charge in [-0.15, -0.1) is 0 Å². The molecule has 1 saturated heterocycles. The third-order valence-electron chi connectivity index (χ3n) is 5.39. The van der Waals surface area contributed by atoms with E-state index in [1.807, 2.05) is 38.1 Å². The van der Waals surface area contributed by atoms with Crippen LogP contribution in [0.3, 0.4) is 0 Å². The SMILES string of the molecule is COCCNc1ccc(-n2ncc3c(OC4CCN(C(=O)OC(C)C)CC4)ncnc32)cc1. The molecule has 1 fully saturated rings. The Hall–Kier alpha value is -3.40. The fourth-order valence-corrected chi connectivity index (χ4v) is 3.71. The third-order valence-corrected chi connectivity index (χ3v) is 5.39. The smallest absolute Gasteiger partial charge is 0.410 e. The molecule has 0 atom stereocenters. The topological polar surface area (TPSA) is 104 Å². The second-order valence-corrected chi connectivity index (χ2v) is 8.18. The number of benzene rings is 1. The highest BCUT2D eigenvalue weighted by atomic mass is 16.6. The lowest BCUT2D eigenvalue weighted by Gasteiger charge is -2.31. The zero-order valence-electron chi connectivity index (χ0n) is 19.2. The number of aromatic nitrogens is 4. The molecule has 4 rings (SSSR count). The minimum atomic E-state index is -0.269. The summed E-state index contributed by atoms with van der Waals surface area (Å²) in [5.41, 5.74) is 2.58. The number of carbonyl (C=O) groups excluding carboxylic acids is 1. The quantitative estimate of drug-likeness (QED) is 0.517. The Morgan fingerprint density at radius 3 is 2.64 bits per heavy atom. The number of hydrogen-bond donors (Lipinski definition) is 1. The number of carbonyl (C=O) groups is 1. The van der Waals surface area contributed by atoms with Gasteiger partial charge in [0, 0.05) is 45.3 Å². The lowest BCUT2D eigenvalue weighted by molar-refractivity contribution is 0.0511. The van der Waals surface area contributed by atoms with Gasteiger partial charge >= 0.3 is 6.09 Å². The number of amides is 1. The highest BCUT2D eigenvalue weighted by Crippen LogP contribution is 2.26. The second-order valence-electron chi connectivity index (χ2n) is 8.18. The summed E-state index contributed by atoms with van der Waals surface area (Å²) in [4.78, 5) is 22.6. The third kappa shape index (κ3) is 5.51. The van der Waals surface area contributed by atoms with Crippen LogP contribution in [0.5, 0.6) is 5.88 Å². The van der Waals surface area contributed by atoms with Crippen LogP contribution in [-0.2, 0) is 9.47 Å². The number of ether oxygens (including phenoxy) is 3. The van der Waals surface area contributed by atoms with E-state index in [1.165, 1.54) is 6.33 Å². The van der Waals surface area contributed by atoms with Gasteiger partial charge in [0.05, 0.1) is 24.6 Å². The average Bonchev–Trinajstić information content (AvgIpc) is 3.25. The van der Waals surface area contributed by atoms with E-state index in [1.54, 1.807) is 22.9 Å². The van der Waals surface area contributed by atoms with Crippen LogP contribution in [0.1, 0.15) is 26.7 Å². The van der Waals surface area contributed by atoms with E-state index in [2.05, 4.69) is 20.4 Å². The molecule has 1 amide bonds. The summed E-state index contributed by atoms with van der Waals surface area (Å²) in [6.45, 7) is 6.27. The molecular weight excluding hydrogens is 424 g/mol. The summed E-state index contributed by atoms with van der Waals surface area (Å²) in [6.07, 6.45) is 4.21. The molecule has 1 aromatic carbocycles. The Morgan fingerprint density at radius 1 is 1.18 bits per heavy atom. The van der Waals surface area contributed by atoms with Crippen molar-refractivity contribution in [1.29, 1.82) is 0 Å². The minimum Gasteiger partial charge on any atom is -0.474 e. The highest BCUT2D eigenvalue weighted by molar-refractivity contribution is 5.81. The first kappa shape index (κ1) is 22.8. The van der Waals surface area contributed by atoms with Crippen LogP contribution in [0.15, 0.2) is 36.8 Å². The molecule has 10 nitrogen and oxygen atoms in total. The van der Waals surface area contributed by atoms with Gasteiger partial charge in [0.2, 0.25) is 5.88 Å². The van der Waals surface area contributed by atoms with E-state index in [-0.39, 0.29) is 18.3 Å². The Kier molecular flexibility index (Phi) is 7.23. The maximum atomic E-state index is 12.1. The number of nitrogens with zero attached hydrogens (tertiary/aromatic N) is 5. The van der Waals surface area contributed by atoms with Crippen molar-refractivity contribution in [2.75, 3.05) is 38.7 Å². The molecule has 176 valence electrons. The standard InChI is InChI=1S/C23H30N6O4/c1-16(2)32-23(30)28-11-8-19(9-12-28)33-22-20-14-27-29(21(20)25-15-26-22)18-6-4-17(5-7-18)24-10-13-31-3/h4-7,14-16,19,24H,8-13H2,1-3H3. The Morgan fingerprint density at radius 2 is 1.94 bits per heavy atom. The summed E-state index contributed by atoms with van der Waals surface area (Å²) >= 11 is 0. The fourth-order valence-electron chi connectivity index (χ4n) is 3.71. The largest absolute Gasteiger partial charge is 0.474 e. The van der Waals surface area contributed by atoms with Crippen molar-refractivity contribution in [3.63, 3.8) is 0 Å². The Labute approximate surface area is 192 Å². The predicted octanol–water partition coefficient (Wildman–Crippen LogP) is 3.26. The van der Waals surface area contributed by atoms with Crippen molar-refractivity contribution in [1.82, 2.24) is 24.6 Å². The summed E-state index contributed by atoms with van der Waals surface area (Å²) in [7, 11) is 1.68. The van der Waals surface area contributed by atoms with Crippen LogP contribution in [0.25, 0.3) is 16.7 Å². The molecule has 0 spiro atoms. The van der Waals surface area contributed by atoms with Crippen LogP contribution in [0.2, 0.25) is 0 Å². The molecular formula is C23H30N6O4. The van der Waals surface area contributed by atoms with Crippen LogP contribution < -0.4 is 10.1 Å². The summed E-state index contributed by atoms with van der Waals surface area (Å²) in [6, 6.07) is 7.96. The van der Waals surface area contributed by atoms with Crippen molar-refractivity contribution >= 4 is 22.8 Å². The molecule has 1 aliphatic rings. The number of nitrogens with one attached hydrogen (secondary N) is 1. The predicted molar refractivity (Wildman–Crippen MR) is 124 cm³/mol. The molecule has 0 aliphatic carbocycles. The van der Waals surface area contributed by atoms with E-state index in [4.69, 9.17) is 14.2 Å². The molecule has 0 saturated carbocycles.